The Morgan fingerprint density at radius 3 is 2.78 bits per heavy atom. The second-order valence-corrected chi connectivity index (χ2v) is 7.34. The fourth-order valence-corrected chi connectivity index (χ4v) is 3.99. The first-order valence-corrected chi connectivity index (χ1v) is 10.3. The van der Waals surface area contributed by atoms with Crippen molar-refractivity contribution in [2.24, 2.45) is 0 Å². The molecule has 2 N–H and O–H groups in total. The van der Waals surface area contributed by atoms with Gasteiger partial charge in [-0.25, -0.2) is 11.4 Å². The largest absolute Gasteiger partial charge is 0.496 e. The van der Waals surface area contributed by atoms with Crippen LogP contribution in [0, 0.1) is 17.9 Å². The van der Waals surface area contributed by atoms with Crippen LogP contribution < -0.4 is 15.4 Å². The van der Waals surface area contributed by atoms with Crippen LogP contribution in [0.1, 0.15) is 37.8 Å². The van der Waals surface area contributed by atoms with Crippen LogP contribution in [-0.2, 0) is 14.3 Å². The number of nitrogens with zero attached hydrogens (tertiary/aromatic N) is 2. The SMILES string of the molecule is [C-]#[N+]CCOC(=O)C1=C(C)NC2=C(C(OCC)NC=C2C)C1c1ccc(C#N)cc1OC. The molecule has 2 unspecified atom stereocenters. The molecule has 0 aliphatic carbocycles. The topological polar surface area (TPSA) is 97.0 Å². The number of ether oxygens (including phenoxy) is 3. The minimum atomic E-state index is -0.540. The van der Waals surface area contributed by atoms with Gasteiger partial charge in [-0.1, -0.05) is 6.07 Å². The number of carbonyl (C=O) groups excluding carboxylic acids is 1. The third kappa shape index (κ3) is 4.32. The second-order valence-electron chi connectivity index (χ2n) is 7.34. The van der Waals surface area contributed by atoms with Gasteiger partial charge in [0.25, 0.3) is 0 Å². The predicted octanol–water partition coefficient (Wildman–Crippen LogP) is 3.11. The molecule has 2 heterocycles. The van der Waals surface area contributed by atoms with Crippen LogP contribution in [0.15, 0.2) is 52.5 Å². The monoisotopic (exact) mass is 434 g/mol. The number of allylic oxidation sites excluding steroid dienone is 2. The zero-order chi connectivity index (χ0) is 23.3. The first-order valence-electron chi connectivity index (χ1n) is 10.3. The van der Waals surface area contributed by atoms with Crippen LogP contribution in [0.4, 0.5) is 0 Å². The Bertz CT molecular complexity index is 1090. The molecule has 0 aromatic heterocycles. The Labute approximate surface area is 188 Å². The minimum Gasteiger partial charge on any atom is -0.496 e. The van der Waals surface area contributed by atoms with Crippen molar-refractivity contribution in [1.82, 2.24) is 10.6 Å². The molecule has 8 heteroatoms. The van der Waals surface area contributed by atoms with Gasteiger partial charge in [0.15, 0.2) is 12.8 Å². The highest BCUT2D eigenvalue weighted by atomic mass is 16.5. The van der Waals surface area contributed by atoms with Crippen molar-refractivity contribution in [3.05, 3.63) is 75.1 Å². The first-order chi connectivity index (χ1) is 15.5. The van der Waals surface area contributed by atoms with Crippen molar-refractivity contribution in [2.75, 3.05) is 26.9 Å². The summed E-state index contributed by atoms with van der Waals surface area (Å²) in [6, 6.07) is 7.28. The summed E-state index contributed by atoms with van der Waals surface area (Å²) in [7, 11) is 1.53. The van der Waals surface area contributed by atoms with E-state index in [1.54, 1.807) is 18.2 Å². The molecular formula is C24H26N4O4. The van der Waals surface area contributed by atoms with Crippen LogP contribution >= 0.6 is 0 Å². The number of esters is 1. The number of nitriles is 1. The Hall–Kier alpha value is -3.75. The van der Waals surface area contributed by atoms with E-state index in [1.165, 1.54) is 7.11 Å². The molecule has 2 atom stereocenters. The molecule has 32 heavy (non-hydrogen) atoms. The summed E-state index contributed by atoms with van der Waals surface area (Å²) < 4.78 is 17.0. The van der Waals surface area contributed by atoms with Gasteiger partial charge in [0.1, 0.15) is 5.75 Å². The van der Waals surface area contributed by atoms with Gasteiger partial charge in [0.2, 0.25) is 6.54 Å². The van der Waals surface area contributed by atoms with Crippen molar-refractivity contribution in [1.29, 1.82) is 5.26 Å². The third-order valence-electron chi connectivity index (χ3n) is 5.40. The van der Waals surface area contributed by atoms with Gasteiger partial charge >= 0.3 is 5.97 Å². The number of hydrogen-bond donors (Lipinski definition) is 2. The first kappa shape index (κ1) is 22.9. The molecule has 3 rings (SSSR count). The van der Waals surface area contributed by atoms with Gasteiger partial charge in [-0.15, -0.1) is 0 Å². The number of methoxy groups -OCH3 is 1. The van der Waals surface area contributed by atoms with E-state index in [0.717, 1.165) is 22.4 Å². The van der Waals surface area contributed by atoms with Crippen molar-refractivity contribution < 1.29 is 19.0 Å². The van der Waals surface area contributed by atoms with Gasteiger partial charge in [0, 0.05) is 41.3 Å². The van der Waals surface area contributed by atoms with E-state index in [-0.39, 0.29) is 13.2 Å². The summed E-state index contributed by atoms with van der Waals surface area (Å²) in [4.78, 5) is 16.4. The Balaban J connectivity index is 2.21. The fourth-order valence-electron chi connectivity index (χ4n) is 3.99. The summed E-state index contributed by atoms with van der Waals surface area (Å²) in [5.74, 6) is -0.560. The van der Waals surface area contributed by atoms with E-state index < -0.39 is 18.1 Å². The van der Waals surface area contributed by atoms with Crippen LogP contribution in [0.25, 0.3) is 4.85 Å². The Morgan fingerprint density at radius 1 is 1.34 bits per heavy atom. The molecule has 0 amide bonds. The Kier molecular flexibility index (Phi) is 7.19. The lowest BCUT2D eigenvalue weighted by atomic mass is 9.77. The number of benzene rings is 1. The van der Waals surface area contributed by atoms with E-state index in [2.05, 4.69) is 21.5 Å². The van der Waals surface area contributed by atoms with E-state index in [1.807, 2.05) is 27.0 Å². The van der Waals surface area contributed by atoms with Gasteiger partial charge in [-0.05, 0) is 38.5 Å². The van der Waals surface area contributed by atoms with Crippen LogP contribution in [0.2, 0.25) is 0 Å². The molecule has 8 nitrogen and oxygen atoms in total. The van der Waals surface area contributed by atoms with Crippen molar-refractivity contribution >= 4 is 5.97 Å². The smallest absolute Gasteiger partial charge is 0.337 e. The molecule has 0 radical (unpaired) electrons. The summed E-state index contributed by atoms with van der Waals surface area (Å²) in [5, 5.41) is 15.9. The fraction of sp³-hybridized carbons (Fsp3) is 0.375. The van der Waals surface area contributed by atoms with E-state index in [9.17, 15) is 10.1 Å². The number of dihydropyridines is 2. The second kappa shape index (κ2) is 10.0. The predicted molar refractivity (Wildman–Crippen MR) is 118 cm³/mol. The number of hydrogen-bond acceptors (Lipinski definition) is 7. The molecule has 0 saturated heterocycles. The molecule has 0 spiro atoms. The van der Waals surface area contributed by atoms with Crippen LogP contribution in [0.5, 0.6) is 5.75 Å². The summed E-state index contributed by atoms with van der Waals surface area (Å²) in [5.41, 5.74) is 4.91. The minimum absolute atomic E-state index is 0.00825. The lowest BCUT2D eigenvalue weighted by molar-refractivity contribution is -0.139. The highest BCUT2D eigenvalue weighted by molar-refractivity contribution is 5.93. The third-order valence-corrected chi connectivity index (χ3v) is 5.40. The lowest BCUT2D eigenvalue weighted by Gasteiger charge is -2.39. The summed E-state index contributed by atoms with van der Waals surface area (Å²) >= 11 is 0. The van der Waals surface area contributed by atoms with Crippen LogP contribution in [0.3, 0.4) is 0 Å². The van der Waals surface area contributed by atoms with E-state index in [4.69, 9.17) is 20.8 Å². The van der Waals surface area contributed by atoms with Gasteiger partial charge in [-0.3, -0.25) is 0 Å². The molecule has 1 aromatic rings. The molecule has 0 fully saturated rings. The zero-order valence-electron chi connectivity index (χ0n) is 18.6. The molecule has 2 aliphatic heterocycles. The molecular weight excluding hydrogens is 408 g/mol. The lowest BCUT2D eigenvalue weighted by Crippen LogP contribution is -2.43. The van der Waals surface area contributed by atoms with E-state index in [0.29, 0.717) is 29.2 Å². The van der Waals surface area contributed by atoms with Gasteiger partial charge in [0.05, 0.1) is 24.3 Å². The molecule has 2 aliphatic rings. The number of nitrogens with one attached hydrogen (secondary N) is 2. The van der Waals surface area contributed by atoms with Crippen molar-refractivity contribution in [3.8, 4) is 11.8 Å². The molecule has 0 bridgehead atoms. The van der Waals surface area contributed by atoms with Crippen LogP contribution in [-0.4, -0.2) is 39.1 Å². The standard InChI is InChI=1S/C24H26N4O4/c1-6-31-23-21-20(17-8-7-16(12-25)11-18(17)30-5)19(24(29)32-10-9-26-4)15(3)28-22(21)14(2)13-27-23/h7-8,11,13,20,23,27-28H,6,9-10H2,1-3,5H3. The van der Waals surface area contributed by atoms with Gasteiger partial charge in [-0.2, -0.15) is 5.26 Å². The number of carbonyl (C=O) groups is 1. The maximum Gasteiger partial charge on any atom is 0.337 e. The van der Waals surface area contributed by atoms with Crippen molar-refractivity contribution in [3.63, 3.8) is 0 Å². The molecule has 0 saturated carbocycles. The molecule has 1 aromatic carbocycles. The highest BCUT2D eigenvalue weighted by Crippen LogP contribution is 2.46. The Morgan fingerprint density at radius 2 is 2.12 bits per heavy atom. The van der Waals surface area contributed by atoms with E-state index >= 15 is 0 Å². The average Bonchev–Trinajstić information content (AvgIpc) is 2.80. The highest BCUT2D eigenvalue weighted by Gasteiger charge is 2.41. The van der Waals surface area contributed by atoms with Crippen molar-refractivity contribution in [2.45, 2.75) is 32.9 Å². The maximum absolute atomic E-state index is 13.2. The van der Waals surface area contributed by atoms with Gasteiger partial charge < -0.3 is 29.7 Å². The normalized spacial score (nSPS) is 19.6. The number of rotatable bonds is 7. The summed E-state index contributed by atoms with van der Waals surface area (Å²) in [6.07, 6.45) is 1.40. The summed E-state index contributed by atoms with van der Waals surface area (Å²) in [6.45, 7) is 13.2. The molecule has 166 valence electrons. The average molecular weight is 434 g/mol. The zero-order valence-corrected chi connectivity index (χ0v) is 18.6. The quantitative estimate of drug-likeness (QED) is 0.387. The maximum atomic E-state index is 13.2.